The van der Waals surface area contributed by atoms with E-state index in [0.717, 1.165) is 17.7 Å². The third-order valence-corrected chi connectivity index (χ3v) is 4.80. The summed E-state index contributed by atoms with van der Waals surface area (Å²) in [7, 11) is 0. The van der Waals surface area contributed by atoms with Crippen molar-refractivity contribution in [2.45, 2.75) is 13.5 Å². The van der Waals surface area contributed by atoms with Crippen molar-refractivity contribution < 1.29 is 33.0 Å². The molecular weight excluding hydrogens is 410 g/mol. The van der Waals surface area contributed by atoms with Crippen molar-refractivity contribution >= 4 is 12.2 Å². The van der Waals surface area contributed by atoms with Crippen LogP contribution in [0.4, 0.5) is 0 Å². The van der Waals surface area contributed by atoms with Crippen molar-refractivity contribution in [2.24, 2.45) is 0 Å². The van der Waals surface area contributed by atoms with Gasteiger partial charge in [0.05, 0.1) is 52.9 Å². The van der Waals surface area contributed by atoms with E-state index in [1.165, 1.54) is 0 Å². The van der Waals surface area contributed by atoms with E-state index in [2.05, 4.69) is 48.2 Å². The maximum atomic E-state index is 5.97. The molecule has 0 aliphatic carbocycles. The Hall–Kier alpha value is -2.45. The summed E-state index contributed by atoms with van der Waals surface area (Å²) >= 11 is 0. The van der Waals surface area contributed by atoms with Gasteiger partial charge in [0.15, 0.2) is 23.9 Å². The Bertz CT molecular complexity index is 809. The number of pyridine rings is 1. The first kappa shape index (κ1) is 24.2. The number of ether oxygens (including phenoxy) is 6. The van der Waals surface area contributed by atoms with Crippen molar-refractivity contribution in [1.82, 2.24) is 0 Å². The van der Waals surface area contributed by atoms with Gasteiger partial charge in [-0.15, -0.1) is 0 Å². The van der Waals surface area contributed by atoms with E-state index < -0.39 is 0 Å². The lowest BCUT2D eigenvalue weighted by Crippen LogP contribution is -2.30. The van der Waals surface area contributed by atoms with E-state index in [0.29, 0.717) is 77.6 Å². The second-order valence-electron chi connectivity index (χ2n) is 7.15. The van der Waals surface area contributed by atoms with Gasteiger partial charge < -0.3 is 28.4 Å². The number of aromatic nitrogens is 1. The summed E-state index contributed by atoms with van der Waals surface area (Å²) in [5.74, 6) is 1.38. The molecule has 1 aliphatic rings. The van der Waals surface area contributed by atoms with Gasteiger partial charge >= 0.3 is 0 Å². The number of benzene rings is 1. The number of aryl methyl sites for hydroxylation is 1. The normalized spacial score (nSPS) is 17.5. The SMILES string of the molecule is CC[n+]1ccc(/C=C/c2ccc3c(c2)OCCOCCOCCOCCOCCO3)cc1. The number of hydrogen-bond donors (Lipinski definition) is 0. The summed E-state index contributed by atoms with van der Waals surface area (Å²) in [6.45, 7) is 8.13. The maximum absolute atomic E-state index is 5.97. The molecule has 0 radical (unpaired) electrons. The Morgan fingerprint density at radius 2 is 1.12 bits per heavy atom. The minimum atomic E-state index is 0.429. The topological polar surface area (TPSA) is 59.3 Å². The number of nitrogens with zero attached hydrogens (tertiary/aromatic N) is 1. The highest BCUT2D eigenvalue weighted by molar-refractivity contribution is 5.70. The molecule has 2 aromatic rings. The molecule has 0 saturated heterocycles. The lowest BCUT2D eigenvalue weighted by molar-refractivity contribution is -0.693. The smallest absolute Gasteiger partial charge is 0.169 e. The van der Waals surface area contributed by atoms with Crippen LogP contribution in [0.25, 0.3) is 12.2 Å². The molecular formula is C25H34NO6+. The molecule has 1 aromatic heterocycles. The highest BCUT2D eigenvalue weighted by Gasteiger charge is 2.07. The van der Waals surface area contributed by atoms with Gasteiger partial charge in [-0.3, -0.25) is 0 Å². The molecule has 0 amide bonds. The summed E-state index contributed by atoms with van der Waals surface area (Å²) in [5, 5.41) is 0. The van der Waals surface area contributed by atoms with Crippen LogP contribution in [-0.2, 0) is 25.5 Å². The van der Waals surface area contributed by atoms with Gasteiger partial charge in [0.1, 0.15) is 19.8 Å². The minimum absolute atomic E-state index is 0.429. The summed E-state index contributed by atoms with van der Waals surface area (Å²) in [6, 6.07) is 10.1. The van der Waals surface area contributed by atoms with Crippen molar-refractivity contribution in [2.75, 3.05) is 66.1 Å². The zero-order valence-corrected chi connectivity index (χ0v) is 18.9. The highest BCUT2D eigenvalue weighted by Crippen LogP contribution is 2.29. The van der Waals surface area contributed by atoms with Gasteiger partial charge in [0, 0.05) is 12.1 Å². The summed E-state index contributed by atoms with van der Waals surface area (Å²) in [6.07, 6.45) is 8.31. The molecule has 0 unspecified atom stereocenters. The average molecular weight is 445 g/mol. The fourth-order valence-electron chi connectivity index (χ4n) is 3.03. The van der Waals surface area contributed by atoms with Crippen LogP contribution >= 0.6 is 0 Å². The van der Waals surface area contributed by atoms with E-state index in [1.54, 1.807) is 0 Å². The lowest BCUT2D eigenvalue weighted by atomic mass is 10.1. The Morgan fingerprint density at radius 3 is 1.69 bits per heavy atom. The van der Waals surface area contributed by atoms with Gasteiger partial charge in [-0.2, -0.15) is 0 Å². The molecule has 174 valence electrons. The molecule has 0 atom stereocenters. The van der Waals surface area contributed by atoms with E-state index in [9.17, 15) is 0 Å². The summed E-state index contributed by atoms with van der Waals surface area (Å²) in [4.78, 5) is 0. The van der Waals surface area contributed by atoms with E-state index in [-0.39, 0.29) is 0 Å². The van der Waals surface area contributed by atoms with Crippen molar-refractivity contribution in [3.63, 3.8) is 0 Å². The first-order valence-corrected chi connectivity index (χ1v) is 11.2. The minimum Gasteiger partial charge on any atom is -0.487 e. The Labute approximate surface area is 190 Å². The van der Waals surface area contributed by atoms with Crippen LogP contribution in [0.15, 0.2) is 42.7 Å². The lowest BCUT2D eigenvalue weighted by Gasteiger charge is -2.14. The molecule has 7 nitrogen and oxygen atoms in total. The molecule has 1 aromatic carbocycles. The Kier molecular flexibility index (Phi) is 11.0. The molecule has 2 heterocycles. The zero-order chi connectivity index (χ0) is 22.3. The predicted octanol–water partition coefficient (Wildman–Crippen LogP) is 3.00. The Morgan fingerprint density at radius 1 is 0.625 bits per heavy atom. The van der Waals surface area contributed by atoms with Crippen LogP contribution in [-0.4, -0.2) is 66.1 Å². The molecule has 0 N–H and O–H groups in total. The van der Waals surface area contributed by atoms with Crippen LogP contribution in [0.1, 0.15) is 18.1 Å². The molecule has 7 heteroatoms. The van der Waals surface area contributed by atoms with Crippen LogP contribution in [0.5, 0.6) is 11.5 Å². The second-order valence-corrected chi connectivity index (χ2v) is 7.15. The Balaban J connectivity index is 1.62. The largest absolute Gasteiger partial charge is 0.487 e. The van der Waals surface area contributed by atoms with Crippen molar-refractivity contribution in [1.29, 1.82) is 0 Å². The van der Waals surface area contributed by atoms with E-state index >= 15 is 0 Å². The van der Waals surface area contributed by atoms with Crippen LogP contribution in [0, 0.1) is 0 Å². The third kappa shape index (κ3) is 8.96. The monoisotopic (exact) mass is 444 g/mol. The van der Waals surface area contributed by atoms with Gasteiger partial charge in [0.25, 0.3) is 0 Å². The van der Waals surface area contributed by atoms with Crippen LogP contribution < -0.4 is 14.0 Å². The summed E-state index contributed by atoms with van der Waals surface area (Å²) in [5.41, 5.74) is 2.17. The van der Waals surface area contributed by atoms with Crippen LogP contribution in [0.2, 0.25) is 0 Å². The highest BCUT2D eigenvalue weighted by atomic mass is 16.6. The van der Waals surface area contributed by atoms with Gasteiger partial charge in [-0.05, 0) is 30.2 Å². The maximum Gasteiger partial charge on any atom is 0.169 e. The fourth-order valence-corrected chi connectivity index (χ4v) is 3.03. The van der Waals surface area contributed by atoms with Crippen molar-refractivity contribution in [3.8, 4) is 11.5 Å². The predicted molar refractivity (Wildman–Crippen MR) is 122 cm³/mol. The van der Waals surface area contributed by atoms with E-state index in [1.807, 2.05) is 18.2 Å². The molecule has 32 heavy (non-hydrogen) atoms. The van der Waals surface area contributed by atoms with Crippen molar-refractivity contribution in [3.05, 3.63) is 53.9 Å². The number of fused-ring (bicyclic) bond motifs is 1. The standard InChI is InChI=1S/C25H34NO6/c1-2-26-9-7-22(8-10-26)3-4-23-5-6-24-25(21-23)32-20-18-30-16-14-28-12-11-27-13-15-29-17-19-31-24/h3-10,21H,2,11-20H2,1H3/q+1/b4-3+. The zero-order valence-electron chi connectivity index (χ0n) is 18.9. The average Bonchev–Trinajstić information content (AvgIpc) is 2.83. The first-order valence-electron chi connectivity index (χ1n) is 11.2. The fraction of sp³-hybridized carbons (Fsp3) is 0.480. The van der Waals surface area contributed by atoms with E-state index in [4.69, 9.17) is 28.4 Å². The van der Waals surface area contributed by atoms with Gasteiger partial charge in [-0.1, -0.05) is 18.2 Å². The van der Waals surface area contributed by atoms with Gasteiger partial charge in [0.2, 0.25) is 0 Å². The second kappa shape index (κ2) is 14.6. The quantitative estimate of drug-likeness (QED) is 0.679. The molecule has 0 saturated carbocycles. The summed E-state index contributed by atoms with van der Waals surface area (Å²) < 4.78 is 36.1. The molecule has 0 fully saturated rings. The molecule has 1 aliphatic heterocycles. The molecule has 3 rings (SSSR count). The van der Waals surface area contributed by atoms with Gasteiger partial charge in [-0.25, -0.2) is 4.57 Å². The number of rotatable bonds is 3. The number of hydrogen-bond acceptors (Lipinski definition) is 6. The van der Waals surface area contributed by atoms with Crippen LogP contribution in [0.3, 0.4) is 0 Å². The third-order valence-electron chi connectivity index (χ3n) is 4.80. The first-order chi connectivity index (χ1) is 15.8. The molecule has 0 bridgehead atoms. The molecule has 0 spiro atoms.